The van der Waals surface area contributed by atoms with Gasteiger partial charge in [0.05, 0.1) is 6.07 Å². The first-order chi connectivity index (χ1) is 15.2. The van der Waals surface area contributed by atoms with E-state index in [1.54, 1.807) is 11.1 Å². The Hall–Kier alpha value is -2.07. The topological polar surface area (TPSA) is 23.8 Å². The normalized spacial score (nSPS) is 26.8. The maximum atomic E-state index is 8.50. The lowest BCUT2D eigenvalue weighted by Crippen LogP contribution is -2.22. The summed E-state index contributed by atoms with van der Waals surface area (Å²) in [5, 5.41) is 8.50. The molecule has 0 spiro atoms. The Kier molecular flexibility index (Phi) is 9.67. The van der Waals surface area contributed by atoms with E-state index in [2.05, 4.69) is 43.8 Å². The van der Waals surface area contributed by atoms with Crippen molar-refractivity contribution in [3.8, 4) is 6.07 Å². The van der Waals surface area contributed by atoms with Crippen molar-refractivity contribution in [2.75, 3.05) is 0 Å². The number of nitrogens with zero attached hydrogens (tertiary/aromatic N) is 1. The molecule has 2 aliphatic carbocycles. The molecule has 3 rings (SSSR count). The van der Waals surface area contributed by atoms with Crippen LogP contribution in [0.2, 0.25) is 0 Å². The predicted octanol–water partition coefficient (Wildman–Crippen LogP) is 8.69. The van der Waals surface area contributed by atoms with Gasteiger partial charge in [0.25, 0.3) is 0 Å². The first-order valence-electron chi connectivity index (χ1n) is 12.7. The minimum atomic E-state index is 0.756. The average Bonchev–Trinajstić information content (AvgIpc) is 2.82. The summed E-state index contributed by atoms with van der Waals surface area (Å²) < 4.78 is 0. The highest BCUT2D eigenvalue weighted by Gasteiger charge is 2.29. The summed E-state index contributed by atoms with van der Waals surface area (Å²) in [6.45, 7) is 6.87. The summed E-state index contributed by atoms with van der Waals surface area (Å²) in [5.41, 5.74) is 4.62. The Labute approximate surface area is 191 Å². The van der Waals surface area contributed by atoms with Crippen LogP contribution >= 0.6 is 0 Å². The van der Waals surface area contributed by atoms with E-state index in [4.69, 9.17) is 5.26 Å². The van der Waals surface area contributed by atoms with Crippen LogP contribution in [0.5, 0.6) is 0 Å². The van der Waals surface area contributed by atoms with Gasteiger partial charge in [-0.3, -0.25) is 0 Å². The van der Waals surface area contributed by atoms with E-state index in [1.807, 2.05) is 18.2 Å². The monoisotopic (exact) mass is 415 g/mol. The smallest absolute Gasteiger partial charge is 0.0912 e. The van der Waals surface area contributed by atoms with Crippen molar-refractivity contribution in [1.82, 2.24) is 0 Å². The molecule has 0 radical (unpaired) electrons. The minimum Gasteiger partial charge on any atom is -0.193 e. The molecule has 0 amide bonds. The molecule has 1 nitrogen and oxygen atoms in total. The number of benzene rings is 1. The molecule has 166 valence electrons. The van der Waals surface area contributed by atoms with Gasteiger partial charge in [0.1, 0.15) is 0 Å². The van der Waals surface area contributed by atoms with Crippen molar-refractivity contribution >= 4 is 0 Å². The summed E-state index contributed by atoms with van der Waals surface area (Å²) >= 11 is 0. The molecular formula is C30H41N. The fourth-order valence-electron chi connectivity index (χ4n) is 5.80. The molecule has 0 unspecified atom stereocenters. The van der Waals surface area contributed by atoms with Gasteiger partial charge in [-0.05, 0) is 105 Å². The molecule has 1 aromatic carbocycles. The van der Waals surface area contributed by atoms with Gasteiger partial charge in [-0.1, -0.05) is 68.0 Å². The van der Waals surface area contributed by atoms with Gasteiger partial charge in [-0.2, -0.15) is 5.26 Å². The summed E-state index contributed by atoms with van der Waals surface area (Å²) in [7, 11) is 0. The molecule has 2 saturated carbocycles. The molecule has 0 saturated heterocycles. The fourth-order valence-corrected chi connectivity index (χ4v) is 5.80. The molecule has 0 atom stereocenters. The Morgan fingerprint density at radius 2 is 1.61 bits per heavy atom. The second-order valence-corrected chi connectivity index (χ2v) is 9.83. The van der Waals surface area contributed by atoms with Crippen LogP contribution in [0.25, 0.3) is 0 Å². The van der Waals surface area contributed by atoms with Gasteiger partial charge < -0.3 is 0 Å². The Morgan fingerprint density at radius 1 is 0.968 bits per heavy atom. The lowest BCUT2D eigenvalue weighted by atomic mass is 9.69. The van der Waals surface area contributed by atoms with Crippen LogP contribution < -0.4 is 0 Å². The molecule has 1 aromatic rings. The van der Waals surface area contributed by atoms with Gasteiger partial charge in [-0.15, -0.1) is 0 Å². The van der Waals surface area contributed by atoms with E-state index < -0.39 is 0 Å². The summed E-state index contributed by atoms with van der Waals surface area (Å²) in [6.07, 6.45) is 23.2. The number of aryl methyl sites for hydroxylation is 1. The maximum Gasteiger partial charge on any atom is 0.0912 e. The lowest BCUT2D eigenvalue weighted by molar-refractivity contribution is 0.260. The van der Waals surface area contributed by atoms with Crippen LogP contribution in [0.1, 0.15) is 94.6 Å². The Morgan fingerprint density at radius 3 is 2.23 bits per heavy atom. The van der Waals surface area contributed by atoms with Crippen molar-refractivity contribution in [1.29, 1.82) is 5.26 Å². The van der Waals surface area contributed by atoms with Crippen LogP contribution in [0.15, 0.2) is 60.7 Å². The third kappa shape index (κ3) is 7.24. The van der Waals surface area contributed by atoms with Crippen molar-refractivity contribution in [3.05, 3.63) is 71.8 Å². The van der Waals surface area contributed by atoms with Crippen LogP contribution in [0.4, 0.5) is 0 Å². The molecule has 2 aliphatic rings. The van der Waals surface area contributed by atoms with E-state index in [0.717, 1.165) is 30.1 Å². The zero-order chi connectivity index (χ0) is 21.9. The van der Waals surface area contributed by atoms with E-state index in [1.165, 1.54) is 82.3 Å². The second-order valence-electron chi connectivity index (χ2n) is 9.83. The van der Waals surface area contributed by atoms with Crippen LogP contribution in [-0.2, 0) is 6.42 Å². The summed E-state index contributed by atoms with van der Waals surface area (Å²) in [4.78, 5) is 0. The molecule has 31 heavy (non-hydrogen) atoms. The van der Waals surface area contributed by atoms with Gasteiger partial charge in [0, 0.05) is 6.08 Å². The van der Waals surface area contributed by atoms with Gasteiger partial charge in [0.15, 0.2) is 0 Å². The fraction of sp³-hybridized carbons (Fsp3) is 0.567. The van der Waals surface area contributed by atoms with Crippen molar-refractivity contribution in [2.24, 2.45) is 17.8 Å². The SMILES string of the molecule is C=C([C@H]1CC[C@H](CC/C=C/C=C/C#N)CC1)[C@H]1CC[C@H](c2ccc(CCC)cc2)CC1. The quantitative estimate of drug-likeness (QED) is 0.225. The van der Waals surface area contributed by atoms with Gasteiger partial charge >= 0.3 is 0 Å². The highest BCUT2D eigenvalue weighted by atomic mass is 14.3. The van der Waals surface area contributed by atoms with Crippen LogP contribution in [-0.4, -0.2) is 0 Å². The van der Waals surface area contributed by atoms with Crippen molar-refractivity contribution < 1.29 is 0 Å². The third-order valence-electron chi connectivity index (χ3n) is 7.77. The van der Waals surface area contributed by atoms with Crippen LogP contribution in [0.3, 0.4) is 0 Å². The summed E-state index contributed by atoms with van der Waals surface area (Å²) in [6, 6.07) is 11.5. The van der Waals surface area contributed by atoms with Gasteiger partial charge in [0.2, 0.25) is 0 Å². The largest absolute Gasteiger partial charge is 0.193 e. The molecular weight excluding hydrogens is 374 g/mol. The molecule has 0 aliphatic heterocycles. The van der Waals surface area contributed by atoms with E-state index in [-0.39, 0.29) is 0 Å². The standard InChI is InChI=1S/C30H41N/c1-3-9-25-13-17-29(18-14-25)30-21-19-28(20-22-30)24(2)27-15-11-26(12-16-27)10-7-5-4-6-8-23-31/h4-6,8,13-14,17-18,26-28,30H,2-3,7,9-12,15-16,19-22H2,1H3/b5-4+,8-6+/t26-,27-,28-,30-. The first kappa shape index (κ1) is 23.6. The minimum absolute atomic E-state index is 0.756. The zero-order valence-corrected chi connectivity index (χ0v) is 19.6. The molecule has 0 N–H and O–H groups in total. The van der Waals surface area contributed by atoms with Crippen LogP contribution in [0, 0.1) is 29.1 Å². The third-order valence-corrected chi connectivity index (χ3v) is 7.77. The maximum absolute atomic E-state index is 8.50. The number of hydrogen-bond acceptors (Lipinski definition) is 1. The molecule has 0 aromatic heterocycles. The van der Waals surface area contributed by atoms with E-state index in [9.17, 15) is 0 Å². The Balaban J connectivity index is 1.38. The predicted molar refractivity (Wildman–Crippen MR) is 133 cm³/mol. The Bertz CT molecular complexity index is 760. The first-order valence-corrected chi connectivity index (χ1v) is 12.7. The molecule has 2 fully saturated rings. The number of nitriles is 1. The number of rotatable bonds is 9. The average molecular weight is 416 g/mol. The highest BCUT2D eigenvalue weighted by molar-refractivity contribution is 5.26. The van der Waals surface area contributed by atoms with E-state index >= 15 is 0 Å². The van der Waals surface area contributed by atoms with E-state index in [0.29, 0.717) is 0 Å². The molecule has 0 heterocycles. The number of hydrogen-bond donors (Lipinski definition) is 0. The summed E-state index contributed by atoms with van der Waals surface area (Å²) in [5.74, 6) is 3.15. The molecule has 0 bridgehead atoms. The molecule has 1 heteroatoms. The van der Waals surface area contributed by atoms with Crippen molar-refractivity contribution in [3.63, 3.8) is 0 Å². The number of allylic oxidation sites excluding steroid dienone is 5. The zero-order valence-electron chi connectivity index (χ0n) is 19.6. The lowest BCUT2D eigenvalue weighted by Gasteiger charge is -2.36. The van der Waals surface area contributed by atoms with Crippen molar-refractivity contribution in [2.45, 2.75) is 89.9 Å². The highest BCUT2D eigenvalue weighted by Crippen LogP contribution is 2.44. The van der Waals surface area contributed by atoms with Gasteiger partial charge in [-0.25, -0.2) is 0 Å². The second kappa shape index (κ2) is 12.7.